The van der Waals surface area contributed by atoms with Gasteiger partial charge in [0.05, 0.1) is 23.7 Å². The van der Waals surface area contributed by atoms with Crippen molar-refractivity contribution in [1.29, 1.82) is 0 Å². The first-order valence-corrected chi connectivity index (χ1v) is 7.84. The third-order valence-electron chi connectivity index (χ3n) is 2.57. The summed E-state index contributed by atoms with van der Waals surface area (Å²) >= 11 is 0. The fourth-order valence-corrected chi connectivity index (χ4v) is 2.43. The molecular weight excluding hydrogens is 298 g/mol. The number of sulfonamides is 1. The highest BCUT2D eigenvalue weighted by atomic mass is 32.2. The van der Waals surface area contributed by atoms with Crippen LogP contribution >= 0.6 is 0 Å². The van der Waals surface area contributed by atoms with Crippen molar-refractivity contribution in [3.63, 3.8) is 0 Å². The lowest BCUT2D eigenvalue weighted by Gasteiger charge is -2.10. The molecule has 2 N–H and O–H groups in total. The minimum Gasteiger partial charge on any atom is -0.460 e. The number of hydrogen-bond donors (Lipinski definition) is 1. The van der Waals surface area contributed by atoms with E-state index in [1.54, 1.807) is 0 Å². The molecule has 0 unspecified atom stereocenters. The van der Waals surface area contributed by atoms with Crippen molar-refractivity contribution in [2.75, 3.05) is 26.9 Å². The maximum Gasteiger partial charge on any atom is 0.338 e. The molecular formula is C13H19NO6S. The molecule has 0 fully saturated rings. The van der Waals surface area contributed by atoms with E-state index in [2.05, 4.69) is 0 Å². The van der Waals surface area contributed by atoms with Crippen LogP contribution in [0.4, 0.5) is 0 Å². The quantitative estimate of drug-likeness (QED) is 0.558. The Kier molecular flexibility index (Phi) is 6.76. The molecule has 0 aromatic heterocycles. The molecule has 1 rings (SSSR count). The van der Waals surface area contributed by atoms with Crippen molar-refractivity contribution in [1.82, 2.24) is 0 Å². The van der Waals surface area contributed by atoms with Gasteiger partial charge in [0.15, 0.2) is 0 Å². The van der Waals surface area contributed by atoms with Gasteiger partial charge in [0, 0.05) is 13.7 Å². The van der Waals surface area contributed by atoms with E-state index in [0.29, 0.717) is 12.2 Å². The molecule has 1 aromatic rings. The van der Waals surface area contributed by atoms with Gasteiger partial charge < -0.3 is 14.2 Å². The number of hydrogen-bond acceptors (Lipinski definition) is 6. The van der Waals surface area contributed by atoms with E-state index in [0.717, 1.165) is 0 Å². The molecule has 0 saturated carbocycles. The van der Waals surface area contributed by atoms with Crippen LogP contribution in [0.1, 0.15) is 22.8 Å². The first kappa shape index (κ1) is 17.6. The van der Waals surface area contributed by atoms with Gasteiger partial charge in [-0.25, -0.2) is 18.4 Å². The Morgan fingerprint density at radius 2 is 2.00 bits per heavy atom. The van der Waals surface area contributed by atoms with E-state index < -0.39 is 16.0 Å². The highest BCUT2D eigenvalue weighted by Crippen LogP contribution is 2.18. The molecule has 0 aliphatic carbocycles. The first-order valence-electron chi connectivity index (χ1n) is 6.29. The number of nitrogens with two attached hydrogens (primary N) is 1. The highest BCUT2D eigenvalue weighted by molar-refractivity contribution is 7.89. The average Bonchev–Trinajstić information content (AvgIpc) is 2.43. The topological polar surface area (TPSA) is 105 Å². The summed E-state index contributed by atoms with van der Waals surface area (Å²) in [4.78, 5) is 11.7. The van der Waals surface area contributed by atoms with Crippen molar-refractivity contribution < 1.29 is 27.4 Å². The lowest BCUT2D eigenvalue weighted by atomic mass is 10.1. The van der Waals surface area contributed by atoms with Crippen LogP contribution in [0.3, 0.4) is 0 Å². The Hall–Kier alpha value is -1.48. The Bertz CT molecular complexity index is 584. The van der Waals surface area contributed by atoms with Gasteiger partial charge in [-0.1, -0.05) is 6.07 Å². The predicted molar refractivity (Wildman–Crippen MR) is 75.3 cm³/mol. The van der Waals surface area contributed by atoms with Gasteiger partial charge in [0.1, 0.15) is 6.61 Å². The Morgan fingerprint density at radius 1 is 1.29 bits per heavy atom. The number of ether oxygens (including phenoxy) is 3. The molecule has 0 heterocycles. The molecule has 8 heteroatoms. The van der Waals surface area contributed by atoms with Crippen LogP contribution in [-0.4, -0.2) is 41.3 Å². The molecule has 1 aromatic carbocycles. The molecule has 0 radical (unpaired) electrons. The normalized spacial score (nSPS) is 11.4. The van der Waals surface area contributed by atoms with Gasteiger partial charge in [0.2, 0.25) is 10.0 Å². The summed E-state index contributed by atoms with van der Waals surface area (Å²) in [5.41, 5.74) is 0.487. The van der Waals surface area contributed by atoms with E-state index in [9.17, 15) is 13.2 Å². The van der Waals surface area contributed by atoms with Gasteiger partial charge in [-0.2, -0.15) is 0 Å². The lowest BCUT2D eigenvalue weighted by Crippen LogP contribution is -2.17. The number of carbonyl (C=O) groups is 1. The number of benzene rings is 1. The smallest absolute Gasteiger partial charge is 0.338 e. The van der Waals surface area contributed by atoms with E-state index in [-0.39, 0.29) is 30.3 Å². The molecule has 0 atom stereocenters. The van der Waals surface area contributed by atoms with Crippen molar-refractivity contribution in [2.24, 2.45) is 5.14 Å². The number of esters is 1. The summed E-state index contributed by atoms with van der Waals surface area (Å²) in [6.07, 6.45) is 0. The zero-order valence-corrected chi connectivity index (χ0v) is 12.8. The maximum atomic E-state index is 11.8. The van der Waals surface area contributed by atoms with Gasteiger partial charge in [-0.15, -0.1) is 0 Å². The highest BCUT2D eigenvalue weighted by Gasteiger charge is 2.17. The number of rotatable bonds is 8. The third-order valence-corrected chi connectivity index (χ3v) is 3.57. The Morgan fingerprint density at radius 3 is 2.57 bits per heavy atom. The largest absolute Gasteiger partial charge is 0.460 e. The van der Waals surface area contributed by atoms with Crippen LogP contribution in [-0.2, 0) is 30.8 Å². The number of methoxy groups -OCH3 is 1. The summed E-state index contributed by atoms with van der Waals surface area (Å²) < 4.78 is 38.0. The molecule has 7 nitrogen and oxygen atoms in total. The van der Waals surface area contributed by atoms with Gasteiger partial charge in [0.25, 0.3) is 0 Å². The zero-order chi connectivity index (χ0) is 15.9. The molecule has 0 amide bonds. The summed E-state index contributed by atoms with van der Waals surface area (Å²) in [6.45, 7) is 2.81. The van der Waals surface area contributed by atoms with Crippen molar-refractivity contribution in [3.8, 4) is 0 Å². The SMILES string of the molecule is CCOCCOC(=O)c1ccc(COC)c(S(N)(=O)=O)c1. The molecule has 118 valence electrons. The lowest BCUT2D eigenvalue weighted by molar-refractivity contribution is 0.0335. The van der Waals surface area contributed by atoms with Crippen LogP contribution in [0.5, 0.6) is 0 Å². The monoisotopic (exact) mass is 317 g/mol. The molecule has 0 bridgehead atoms. The van der Waals surface area contributed by atoms with E-state index in [4.69, 9.17) is 19.3 Å². The number of primary sulfonamides is 1. The molecule has 21 heavy (non-hydrogen) atoms. The van der Waals surface area contributed by atoms with Crippen LogP contribution in [0.15, 0.2) is 23.1 Å². The van der Waals surface area contributed by atoms with Gasteiger partial charge >= 0.3 is 5.97 Å². The second-order valence-corrected chi connectivity index (χ2v) is 5.66. The van der Waals surface area contributed by atoms with Crippen LogP contribution < -0.4 is 5.14 Å². The first-order chi connectivity index (χ1) is 9.90. The second-order valence-electron chi connectivity index (χ2n) is 4.13. The summed E-state index contributed by atoms with van der Waals surface area (Å²) in [5, 5.41) is 5.14. The van der Waals surface area contributed by atoms with Gasteiger partial charge in [-0.05, 0) is 24.6 Å². The Balaban J connectivity index is 2.92. The molecule has 0 aliphatic rings. The fourth-order valence-electron chi connectivity index (χ4n) is 1.64. The zero-order valence-electron chi connectivity index (χ0n) is 12.0. The summed E-state index contributed by atoms with van der Waals surface area (Å²) in [5.74, 6) is -0.636. The van der Waals surface area contributed by atoms with E-state index in [1.165, 1.54) is 25.3 Å². The standard InChI is InChI=1S/C13H19NO6S/c1-3-19-6-7-20-13(15)10-4-5-11(9-18-2)12(8-10)21(14,16)17/h4-5,8H,3,6-7,9H2,1-2H3,(H2,14,16,17). The predicted octanol–water partition coefficient (Wildman–Crippen LogP) is 0.674. The molecule has 0 spiro atoms. The minimum absolute atomic E-state index is 0.0748. The third kappa shape index (κ3) is 5.43. The van der Waals surface area contributed by atoms with Gasteiger partial charge in [-0.3, -0.25) is 0 Å². The van der Waals surface area contributed by atoms with Crippen molar-refractivity contribution in [2.45, 2.75) is 18.4 Å². The second kappa shape index (κ2) is 8.08. The molecule has 0 aliphatic heterocycles. The van der Waals surface area contributed by atoms with Crippen molar-refractivity contribution in [3.05, 3.63) is 29.3 Å². The van der Waals surface area contributed by atoms with Crippen LogP contribution in [0.25, 0.3) is 0 Å². The van der Waals surface area contributed by atoms with E-state index >= 15 is 0 Å². The summed E-state index contributed by atoms with van der Waals surface area (Å²) in [7, 11) is -2.52. The van der Waals surface area contributed by atoms with Crippen LogP contribution in [0, 0.1) is 0 Å². The minimum atomic E-state index is -3.95. The Labute approximate surface area is 124 Å². The maximum absolute atomic E-state index is 11.8. The van der Waals surface area contributed by atoms with E-state index in [1.807, 2.05) is 6.92 Å². The average molecular weight is 317 g/mol. The fraction of sp³-hybridized carbons (Fsp3) is 0.462. The summed E-state index contributed by atoms with van der Waals surface area (Å²) in [6, 6.07) is 4.13. The van der Waals surface area contributed by atoms with Crippen LogP contribution in [0.2, 0.25) is 0 Å². The number of carbonyl (C=O) groups excluding carboxylic acids is 1. The van der Waals surface area contributed by atoms with Crippen molar-refractivity contribution >= 4 is 16.0 Å². The molecule has 0 saturated heterocycles.